The number of ether oxygens (including phenoxy) is 1. The van der Waals surface area contributed by atoms with E-state index in [1.807, 2.05) is 18.2 Å². The van der Waals surface area contributed by atoms with Crippen molar-refractivity contribution in [3.8, 4) is 5.75 Å². The lowest BCUT2D eigenvalue weighted by Crippen LogP contribution is -2.43. The van der Waals surface area contributed by atoms with Gasteiger partial charge in [-0.2, -0.15) is 0 Å². The molecule has 0 saturated heterocycles. The van der Waals surface area contributed by atoms with Crippen LogP contribution in [-0.4, -0.2) is 24.7 Å². The van der Waals surface area contributed by atoms with Crippen molar-refractivity contribution in [1.29, 1.82) is 0 Å². The number of oxime groups is 1. The average molecular weight is 455 g/mol. The molecule has 4 rings (SSSR count). The smallest absolute Gasteiger partial charge is 0.365 e. The third-order valence-electron chi connectivity index (χ3n) is 7.81. The first kappa shape index (κ1) is 22.3. The van der Waals surface area contributed by atoms with E-state index in [-0.39, 0.29) is 16.7 Å². The summed E-state index contributed by atoms with van der Waals surface area (Å²) in [6.45, 7) is 6.32. The van der Waals surface area contributed by atoms with Gasteiger partial charge in [0.15, 0.2) is 0 Å². The Morgan fingerprint density at radius 3 is 2.47 bits per heavy atom. The molecule has 32 heavy (non-hydrogen) atoms. The van der Waals surface area contributed by atoms with Crippen LogP contribution < -0.4 is 10.1 Å². The van der Waals surface area contributed by atoms with Crippen LogP contribution in [0.5, 0.6) is 5.75 Å². The number of methoxy groups -OCH3 is 1. The van der Waals surface area contributed by atoms with Crippen molar-refractivity contribution in [2.75, 3.05) is 12.4 Å². The molecule has 2 fully saturated rings. The van der Waals surface area contributed by atoms with Gasteiger partial charge in [0.05, 0.1) is 23.8 Å². The molecule has 2 atom stereocenters. The molecule has 1 amide bonds. The highest BCUT2D eigenvalue weighted by atomic mass is 35.5. The number of nitrogens with zero attached hydrogens (tertiary/aromatic N) is 1. The van der Waals surface area contributed by atoms with Gasteiger partial charge in [-0.1, -0.05) is 43.6 Å². The summed E-state index contributed by atoms with van der Waals surface area (Å²) < 4.78 is 5.27. The minimum absolute atomic E-state index is 0.0475. The van der Waals surface area contributed by atoms with Gasteiger partial charge in [-0.05, 0) is 54.7 Å². The van der Waals surface area contributed by atoms with Crippen LogP contribution in [0.15, 0.2) is 53.7 Å². The molecule has 0 spiro atoms. The number of carbonyl (C=O) groups excluding carboxylic acids is 2. The number of hydrogen-bond acceptors (Lipinski definition) is 5. The maximum Gasteiger partial charge on any atom is 0.365 e. The molecule has 7 heteroatoms. The van der Waals surface area contributed by atoms with Gasteiger partial charge in [0, 0.05) is 28.6 Å². The second-order valence-corrected chi connectivity index (χ2v) is 9.76. The molecular weight excluding hydrogens is 428 g/mol. The highest BCUT2D eigenvalue weighted by Crippen LogP contribution is 2.71. The molecule has 0 radical (unpaired) electrons. The molecule has 2 aliphatic carbocycles. The summed E-state index contributed by atoms with van der Waals surface area (Å²) in [5.74, 6) is 0.0838. The maximum atomic E-state index is 13.6. The van der Waals surface area contributed by atoms with Crippen molar-refractivity contribution in [1.82, 2.24) is 0 Å². The number of hydrogen-bond donors (Lipinski definition) is 1. The Morgan fingerprint density at radius 2 is 1.78 bits per heavy atom. The Labute approximate surface area is 192 Å². The molecule has 0 heterocycles. The number of amides is 1. The number of nitrogens with one attached hydrogen (secondary N) is 1. The van der Waals surface area contributed by atoms with Crippen LogP contribution in [0.3, 0.4) is 0 Å². The molecule has 2 aromatic carbocycles. The van der Waals surface area contributed by atoms with Gasteiger partial charge in [-0.25, -0.2) is 4.79 Å². The van der Waals surface area contributed by atoms with Gasteiger partial charge in [0.25, 0.3) is 0 Å². The van der Waals surface area contributed by atoms with Crippen LogP contribution in [0.4, 0.5) is 5.69 Å². The molecule has 0 aromatic heterocycles. The Kier molecular flexibility index (Phi) is 5.53. The zero-order valence-electron chi connectivity index (χ0n) is 18.7. The van der Waals surface area contributed by atoms with E-state index in [1.54, 1.807) is 37.4 Å². The lowest BCUT2D eigenvalue weighted by molar-refractivity contribution is -0.130. The number of benzene rings is 2. The van der Waals surface area contributed by atoms with E-state index < -0.39 is 11.4 Å². The predicted molar refractivity (Wildman–Crippen MR) is 124 cm³/mol. The Morgan fingerprint density at radius 1 is 1.06 bits per heavy atom. The van der Waals surface area contributed by atoms with Crippen molar-refractivity contribution in [2.45, 2.75) is 40.0 Å². The lowest BCUT2D eigenvalue weighted by Gasteiger charge is -2.39. The molecule has 168 valence electrons. The molecule has 2 saturated carbocycles. The van der Waals surface area contributed by atoms with Crippen LogP contribution in [0.2, 0.25) is 5.02 Å². The monoisotopic (exact) mass is 454 g/mol. The molecule has 2 aliphatic rings. The summed E-state index contributed by atoms with van der Waals surface area (Å²) in [6, 6.07) is 13.8. The van der Waals surface area contributed by atoms with Crippen molar-refractivity contribution in [3.05, 3.63) is 59.1 Å². The molecule has 2 aromatic rings. The summed E-state index contributed by atoms with van der Waals surface area (Å²) in [5, 5.41) is 7.88. The predicted octanol–water partition coefficient (Wildman–Crippen LogP) is 5.72. The average Bonchev–Trinajstić information content (AvgIpc) is 3.08. The Hall–Kier alpha value is -2.86. The first-order valence-electron chi connectivity index (χ1n) is 10.6. The minimum Gasteiger partial charge on any atom is -0.497 e. The standard InChI is InChI=1S/C25H27ClN2O4/c1-23(2)24(3)12-13-25(23,22(30)27-18-6-5-7-19(14-18)31-4)15-20(24)28-32-21(29)16-8-10-17(26)11-9-16/h5-11,14H,12-13,15H2,1-4H3,(H,27,30). The van der Waals surface area contributed by atoms with E-state index in [1.165, 1.54) is 0 Å². The van der Waals surface area contributed by atoms with Gasteiger partial charge < -0.3 is 14.9 Å². The first-order valence-corrected chi connectivity index (χ1v) is 11.0. The normalized spacial score (nSPS) is 26.7. The van der Waals surface area contributed by atoms with Gasteiger partial charge in [0.1, 0.15) is 5.75 Å². The molecule has 2 bridgehead atoms. The number of halogens is 1. The van der Waals surface area contributed by atoms with Crippen LogP contribution in [0.1, 0.15) is 50.4 Å². The van der Waals surface area contributed by atoms with Crippen LogP contribution in [-0.2, 0) is 9.63 Å². The molecule has 0 aliphatic heterocycles. The zero-order valence-corrected chi connectivity index (χ0v) is 19.5. The van der Waals surface area contributed by atoms with Gasteiger partial charge in [-0.3, -0.25) is 4.79 Å². The summed E-state index contributed by atoms with van der Waals surface area (Å²) in [7, 11) is 1.59. The second-order valence-electron chi connectivity index (χ2n) is 9.33. The van der Waals surface area contributed by atoms with E-state index in [4.69, 9.17) is 21.2 Å². The number of carbonyl (C=O) groups is 2. The van der Waals surface area contributed by atoms with Crippen LogP contribution in [0.25, 0.3) is 0 Å². The fourth-order valence-corrected chi connectivity index (χ4v) is 5.34. The van der Waals surface area contributed by atoms with Gasteiger partial charge in [-0.15, -0.1) is 0 Å². The summed E-state index contributed by atoms with van der Waals surface area (Å²) in [4.78, 5) is 31.3. The SMILES string of the molecule is COc1cccc(NC(=O)C23CCC(C)(C(=NOC(=O)c4ccc(Cl)cc4)C2)C3(C)C)c1. The lowest BCUT2D eigenvalue weighted by atomic mass is 9.64. The van der Waals surface area contributed by atoms with E-state index in [0.717, 1.165) is 18.6 Å². The maximum absolute atomic E-state index is 13.6. The fraction of sp³-hybridized carbons (Fsp3) is 0.400. The number of rotatable bonds is 5. The van der Waals surface area contributed by atoms with E-state index in [2.05, 4.69) is 31.2 Å². The largest absolute Gasteiger partial charge is 0.497 e. The Balaban J connectivity index is 1.57. The summed E-state index contributed by atoms with van der Waals surface area (Å²) >= 11 is 5.88. The van der Waals surface area contributed by atoms with E-state index in [9.17, 15) is 9.59 Å². The fourth-order valence-electron chi connectivity index (χ4n) is 5.21. The topological polar surface area (TPSA) is 77.0 Å². The summed E-state index contributed by atoms with van der Waals surface area (Å²) in [6.07, 6.45) is 1.99. The van der Waals surface area contributed by atoms with E-state index in [0.29, 0.717) is 28.4 Å². The van der Waals surface area contributed by atoms with Crippen molar-refractivity contribution < 1.29 is 19.2 Å². The third kappa shape index (κ3) is 3.37. The van der Waals surface area contributed by atoms with Gasteiger partial charge in [0.2, 0.25) is 5.91 Å². The third-order valence-corrected chi connectivity index (χ3v) is 8.07. The second kappa shape index (κ2) is 7.93. The van der Waals surface area contributed by atoms with Crippen LogP contribution >= 0.6 is 11.6 Å². The van der Waals surface area contributed by atoms with Gasteiger partial charge >= 0.3 is 5.97 Å². The Bertz CT molecular complexity index is 1100. The van der Waals surface area contributed by atoms with Crippen molar-refractivity contribution in [2.24, 2.45) is 21.4 Å². The summed E-state index contributed by atoms with van der Waals surface area (Å²) in [5.41, 5.74) is 0.449. The molecule has 2 unspecified atom stereocenters. The highest BCUT2D eigenvalue weighted by Gasteiger charge is 2.71. The highest BCUT2D eigenvalue weighted by molar-refractivity contribution is 6.30. The quantitative estimate of drug-likeness (QED) is 0.463. The van der Waals surface area contributed by atoms with Crippen molar-refractivity contribution in [3.63, 3.8) is 0 Å². The zero-order chi connectivity index (χ0) is 23.1. The number of fused-ring (bicyclic) bond motifs is 2. The minimum atomic E-state index is -0.643. The van der Waals surface area contributed by atoms with Crippen LogP contribution in [0, 0.1) is 16.2 Å². The van der Waals surface area contributed by atoms with E-state index >= 15 is 0 Å². The molecular formula is C25H27ClN2O4. The number of anilines is 1. The molecule has 1 N–H and O–H groups in total. The molecule has 6 nitrogen and oxygen atoms in total. The van der Waals surface area contributed by atoms with Crippen molar-refractivity contribution >= 4 is 34.9 Å². The first-order chi connectivity index (χ1) is 15.1.